The summed E-state index contributed by atoms with van der Waals surface area (Å²) in [6.07, 6.45) is 10.6. The molecular formula is C31H36N6O2. The first-order valence-corrected chi connectivity index (χ1v) is 13.7. The predicted molar refractivity (Wildman–Crippen MR) is 152 cm³/mol. The molecule has 8 heteroatoms. The van der Waals surface area contributed by atoms with Crippen molar-refractivity contribution in [1.82, 2.24) is 24.6 Å². The van der Waals surface area contributed by atoms with Gasteiger partial charge in [-0.3, -0.25) is 19.2 Å². The first-order chi connectivity index (χ1) is 18.9. The van der Waals surface area contributed by atoms with Crippen LogP contribution in [0.15, 0.2) is 73.2 Å². The highest BCUT2D eigenvalue weighted by atomic mass is 16.2. The quantitative estimate of drug-likeness (QED) is 0.347. The molecule has 4 aromatic rings. The number of nitrogens with zero attached hydrogens (tertiary/aromatic N) is 5. The van der Waals surface area contributed by atoms with E-state index in [9.17, 15) is 9.59 Å². The number of nitrogens with one attached hydrogen (secondary N) is 1. The summed E-state index contributed by atoms with van der Waals surface area (Å²) in [4.78, 5) is 34.4. The number of benzene rings is 2. The summed E-state index contributed by atoms with van der Waals surface area (Å²) in [5.41, 5.74) is 4.27. The van der Waals surface area contributed by atoms with E-state index in [1.165, 1.54) is 6.42 Å². The topological polar surface area (TPSA) is 85.1 Å². The predicted octanol–water partition coefficient (Wildman–Crippen LogP) is 5.12. The molecule has 202 valence electrons. The lowest BCUT2D eigenvalue weighted by atomic mass is 9.93. The number of carbonyl (C=O) groups excluding carboxylic acids is 2. The number of rotatable bonds is 8. The van der Waals surface area contributed by atoms with E-state index < -0.39 is 6.04 Å². The molecule has 0 spiro atoms. The van der Waals surface area contributed by atoms with Crippen LogP contribution >= 0.6 is 0 Å². The monoisotopic (exact) mass is 524 g/mol. The first-order valence-electron chi connectivity index (χ1n) is 13.7. The molecule has 5 rings (SSSR count). The summed E-state index contributed by atoms with van der Waals surface area (Å²) >= 11 is 0. The molecule has 1 aliphatic rings. The molecule has 1 atom stereocenters. The molecule has 8 nitrogen and oxygen atoms in total. The minimum Gasteiger partial charge on any atom is -0.351 e. The van der Waals surface area contributed by atoms with Gasteiger partial charge in [0.05, 0.1) is 5.69 Å². The van der Waals surface area contributed by atoms with Gasteiger partial charge in [0.1, 0.15) is 18.4 Å². The van der Waals surface area contributed by atoms with Crippen molar-refractivity contribution < 1.29 is 9.59 Å². The molecule has 1 unspecified atom stereocenters. The van der Waals surface area contributed by atoms with E-state index in [1.54, 1.807) is 28.2 Å². The average molecular weight is 525 g/mol. The molecule has 0 radical (unpaired) electrons. The van der Waals surface area contributed by atoms with Crippen LogP contribution in [0, 0.1) is 13.8 Å². The van der Waals surface area contributed by atoms with Crippen molar-refractivity contribution in [2.24, 2.45) is 7.05 Å². The van der Waals surface area contributed by atoms with Gasteiger partial charge in [0.25, 0.3) is 0 Å². The van der Waals surface area contributed by atoms with Gasteiger partial charge in [0, 0.05) is 42.9 Å². The van der Waals surface area contributed by atoms with Crippen LogP contribution in [0.1, 0.15) is 55.1 Å². The second kappa shape index (κ2) is 11.7. The van der Waals surface area contributed by atoms with Gasteiger partial charge >= 0.3 is 0 Å². The normalized spacial score (nSPS) is 14.6. The lowest BCUT2D eigenvalue weighted by molar-refractivity contribution is -0.127. The Morgan fingerprint density at radius 2 is 1.82 bits per heavy atom. The molecule has 2 amide bonds. The zero-order chi connectivity index (χ0) is 27.4. The van der Waals surface area contributed by atoms with Gasteiger partial charge in [0.2, 0.25) is 11.8 Å². The Morgan fingerprint density at radius 3 is 2.51 bits per heavy atom. The van der Waals surface area contributed by atoms with Crippen LogP contribution in [0.2, 0.25) is 0 Å². The number of hydrogen-bond donors (Lipinski definition) is 1. The molecule has 1 saturated carbocycles. The Bertz CT molecular complexity index is 1450. The molecule has 1 fully saturated rings. The number of imidazole rings is 1. The summed E-state index contributed by atoms with van der Waals surface area (Å²) in [6, 6.07) is 16.8. The number of aromatic nitrogens is 4. The molecule has 2 aromatic carbocycles. The molecular weight excluding hydrogens is 488 g/mol. The Labute approximate surface area is 229 Å². The van der Waals surface area contributed by atoms with Crippen molar-refractivity contribution >= 4 is 17.5 Å². The van der Waals surface area contributed by atoms with Crippen molar-refractivity contribution in [3.05, 3.63) is 90.1 Å². The maximum Gasteiger partial charge on any atom is 0.248 e. The highest BCUT2D eigenvalue weighted by Crippen LogP contribution is 2.33. The van der Waals surface area contributed by atoms with Crippen molar-refractivity contribution in [3.63, 3.8) is 0 Å². The van der Waals surface area contributed by atoms with Crippen molar-refractivity contribution in [2.45, 2.75) is 64.6 Å². The lowest BCUT2D eigenvalue weighted by Gasteiger charge is -2.34. The summed E-state index contributed by atoms with van der Waals surface area (Å²) in [5.74, 6) is 0.397. The Kier molecular flexibility index (Phi) is 7.91. The minimum absolute atomic E-state index is 0.0703. The number of hydrogen-bond acceptors (Lipinski definition) is 4. The molecule has 2 aromatic heterocycles. The van der Waals surface area contributed by atoms with Crippen LogP contribution in [0.25, 0.3) is 11.3 Å². The van der Waals surface area contributed by atoms with Gasteiger partial charge in [-0.1, -0.05) is 55.7 Å². The molecule has 2 heterocycles. The van der Waals surface area contributed by atoms with Gasteiger partial charge < -0.3 is 9.88 Å². The fraction of sp³-hybridized carbons (Fsp3) is 0.355. The number of aryl methyl sites for hydroxylation is 3. The lowest BCUT2D eigenvalue weighted by Crippen LogP contribution is -2.48. The Hall–Kier alpha value is -4.20. The molecule has 1 N–H and O–H groups in total. The van der Waals surface area contributed by atoms with Crippen LogP contribution in [-0.2, 0) is 23.2 Å². The maximum absolute atomic E-state index is 14.2. The smallest absolute Gasteiger partial charge is 0.248 e. The number of amides is 2. The second-order valence-corrected chi connectivity index (χ2v) is 10.4. The van der Waals surface area contributed by atoms with Gasteiger partial charge in [-0.05, 0) is 56.0 Å². The molecule has 1 aliphatic carbocycles. The SMILES string of the molecule is Cc1ccccc1C(C(=O)NC1CCCCC1)N(C(=O)Cn1ccnc1C)c1cccc(-c2ccnn2C)c1. The average Bonchev–Trinajstić information content (AvgIpc) is 3.55. The Morgan fingerprint density at radius 1 is 1.03 bits per heavy atom. The van der Waals surface area contributed by atoms with Crippen LogP contribution in [-0.4, -0.2) is 37.2 Å². The number of carbonyl (C=O) groups is 2. The van der Waals surface area contributed by atoms with Gasteiger partial charge in [-0.2, -0.15) is 5.10 Å². The summed E-state index contributed by atoms with van der Waals surface area (Å²) in [5, 5.41) is 7.62. The number of anilines is 1. The van der Waals surface area contributed by atoms with E-state index in [4.69, 9.17) is 0 Å². The largest absolute Gasteiger partial charge is 0.351 e. The van der Waals surface area contributed by atoms with E-state index in [0.29, 0.717) is 5.69 Å². The van der Waals surface area contributed by atoms with E-state index >= 15 is 0 Å². The summed E-state index contributed by atoms with van der Waals surface area (Å²) < 4.78 is 3.61. The van der Waals surface area contributed by atoms with Gasteiger partial charge in [0.15, 0.2) is 0 Å². The van der Waals surface area contributed by atoms with Crippen molar-refractivity contribution in [2.75, 3.05) is 4.90 Å². The van der Waals surface area contributed by atoms with Crippen LogP contribution in [0.3, 0.4) is 0 Å². The molecule has 0 bridgehead atoms. The van der Waals surface area contributed by atoms with E-state index in [0.717, 1.165) is 53.9 Å². The van der Waals surface area contributed by atoms with E-state index in [2.05, 4.69) is 15.4 Å². The molecule has 39 heavy (non-hydrogen) atoms. The summed E-state index contributed by atoms with van der Waals surface area (Å²) in [6.45, 7) is 3.93. The third-order valence-corrected chi connectivity index (χ3v) is 7.68. The summed E-state index contributed by atoms with van der Waals surface area (Å²) in [7, 11) is 1.89. The zero-order valence-electron chi connectivity index (χ0n) is 22.9. The second-order valence-electron chi connectivity index (χ2n) is 10.4. The third-order valence-electron chi connectivity index (χ3n) is 7.68. The van der Waals surface area contributed by atoms with E-state index in [1.807, 2.05) is 80.1 Å². The fourth-order valence-corrected chi connectivity index (χ4v) is 5.52. The maximum atomic E-state index is 14.2. The van der Waals surface area contributed by atoms with Crippen molar-refractivity contribution in [1.29, 1.82) is 0 Å². The van der Waals surface area contributed by atoms with Crippen LogP contribution in [0.5, 0.6) is 0 Å². The zero-order valence-corrected chi connectivity index (χ0v) is 22.9. The van der Waals surface area contributed by atoms with Crippen molar-refractivity contribution in [3.8, 4) is 11.3 Å². The fourth-order valence-electron chi connectivity index (χ4n) is 5.52. The van der Waals surface area contributed by atoms with Crippen LogP contribution in [0.4, 0.5) is 5.69 Å². The standard InChI is InChI=1S/C31H36N6O2/c1-22-10-7-8-15-27(22)30(31(39)34-25-12-5-4-6-13-25)37(29(38)21-36-19-18-32-23(36)2)26-14-9-11-24(20-26)28-16-17-33-35(28)3/h7-11,14-20,25,30H,4-6,12-13,21H2,1-3H3,(H,34,39). The third kappa shape index (κ3) is 5.79. The Balaban J connectivity index is 1.61. The van der Waals surface area contributed by atoms with E-state index in [-0.39, 0.29) is 24.4 Å². The van der Waals surface area contributed by atoms with Crippen LogP contribution < -0.4 is 10.2 Å². The highest BCUT2D eigenvalue weighted by molar-refractivity contribution is 6.02. The van der Waals surface area contributed by atoms with Gasteiger partial charge in [-0.25, -0.2) is 4.98 Å². The van der Waals surface area contributed by atoms with Gasteiger partial charge in [-0.15, -0.1) is 0 Å². The molecule has 0 saturated heterocycles. The minimum atomic E-state index is -0.828. The first kappa shape index (κ1) is 26.4. The highest BCUT2D eigenvalue weighted by Gasteiger charge is 2.35. The molecule has 0 aliphatic heterocycles.